The van der Waals surface area contributed by atoms with Crippen LogP contribution >= 0.6 is 11.6 Å². The lowest BCUT2D eigenvalue weighted by molar-refractivity contribution is 0.414. The van der Waals surface area contributed by atoms with Crippen molar-refractivity contribution in [3.05, 3.63) is 44.1 Å². The fraction of sp³-hybridized carbons (Fsp3) is 0.0833. The number of ether oxygens (including phenoxy) is 1. The molecule has 19 heavy (non-hydrogen) atoms. The highest BCUT2D eigenvalue weighted by atomic mass is 35.5. The average molecular weight is 279 g/mol. The fourth-order valence-corrected chi connectivity index (χ4v) is 2.06. The Hall–Kier alpha value is -2.34. The number of fused-ring (bicyclic) bond motifs is 2. The molecule has 96 valence electrons. The molecular weight excluding hydrogens is 272 g/mol. The maximum absolute atomic E-state index is 11.6. The molecule has 0 atom stereocenters. The second-order valence-electron chi connectivity index (χ2n) is 3.86. The van der Waals surface area contributed by atoms with E-state index in [1.54, 1.807) is 18.2 Å². The van der Waals surface area contributed by atoms with Gasteiger partial charge in [0.2, 0.25) is 5.89 Å². The molecule has 2 heterocycles. The topological polar surface area (TPSA) is 85.2 Å². The number of hydrogen-bond donors (Lipinski definition) is 1. The quantitative estimate of drug-likeness (QED) is 0.684. The predicted octanol–water partition coefficient (Wildman–Crippen LogP) is 1.64. The molecular formula is C12H7ClN2O4. The molecule has 0 unspecified atom stereocenters. The van der Waals surface area contributed by atoms with Gasteiger partial charge < -0.3 is 9.15 Å². The second-order valence-corrected chi connectivity index (χ2v) is 4.27. The lowest BCUT2D eigenvalue weighted by Gasteiger charge is -2.07. The number of aromatic amines is 1. The number of halogens is 1. The van der Waals surface area contributed by atoms with Crippen LogP contribution in [0.5, 0.6) is 5.75 Å². The van der Waals surface area contributed by atoms with Crippen LogP contribution in [0.15, 0.2) is 32.2 Å². The van der Waals surface area contributed by atoms with E-state index >= 15 is 0 Å². The summed E-state index contributed by atoms with van der Waals surface area (Å²) >= 11 is 6.00. The molecule has 2 aliphatic heterocycles. The Bertz CT molecular complexity index is 868. The molecule has 1 aromatic carbocycles. The van der Waals surface area contributed by atoms with Gasteiger partial charge in [0.15, 0.2) is 0 Å². The third-order valence-corrected chi connectivity index (χ3v) is 2.98. The van der Waals surface area contributed by atoms with Crippen LogP contribution in [0.3, 0.4) is 0 Å². The summed E-state index contributed by atoms with van der Waals surface area (Å²) in [4.78, 5) is 28.5. The lowest BCUT2D eigenvalue weighted by Crippen LogP contribution is -2.24. The van der Waals surface area contributed by atoms with Crippen molar-refractivity contribution in [2.45, 2.75) is 0 Å². The van der Waals surface area contributed by atoms with E-state index in [1.807, 2.05) is 0 Å². The van der Waals surface area contributed by atoms with E-state index in [0.717, 1.165) is 0 Å². The smallest absolute Gasteiger partial charge is 0.351 e. The summed E-state index contributed by atoms with van der Waals surface area (Å²) in [5, 5.41) is 1.01. The van der Waals surface area contributed by atoms with E-state index in [0.29, 0.717) is 21.7 Å². The molecule has 2 aliphatic rings. The van der Waals surface area contributed by atoms with E-state index in [1.165, 1.54) is 7.11 Å². The van der Waals surface area contributed by atoms with Gasteiger partial charge in [0.1, 0.15) is 16.9 Å². The van der Waals surface area contributed by atoms with Gasteiger partial charge in [0, 0.05) is 11.5 Å². The minimum atomic E-state index is -0.749. The SMILES string of the molecule is COc1cc2oc3nc(=O)[nH]c(=O)c-3cc2cc1Cl. The molecule has 0 aliphatic carbocycles. The number of rotatable bonds is 1. The van der Waals surface area contributed by atoms with Gasteiger partial charge in [0.25, 0.3) is 5.56 Å². The number of hydrogen-bond acceptors (Lipinski definition) is 5. The maximum atomic E-state index is 11.6. The van der Waals surface area contributed by atoms with Crippen LogP contribution in [0, 0.1) is 0 Å². The molecule has 0 aromatic heterocycles. The van der Waals surface area contributed by atoms with Crippen LogP contribution in [0.1, 0.15) is 0 Å². The van der Waals surface area contributed by atoms with Crippen molar-refractivity contribution in [3.63, 3.8) is 0 Å². The summed E-state index contributed by atoms with van der Waals surface area (Å²) < 4.78 is 10.5. The molecule has 7 heteroatoms. The number of aromatic nitrogens is 2. The Morgan fingerprint density at radius 3 is 2.84 bits per heavy atom. The van der Waals surface area contributed by atoms with Crippen molar-refractivity contribution in [1.82, 2.24) is 9.97 Å². The van der Waals surface area contributed by atoms with Crippen LogP contribution < -0.4 is 16.0 Å². The molecule has 6 nitrogen and oxygen atoms in total. The fourth-order valence-electron chi connectivity index (χ4n) is 1.81. The van der Waals surface area contributed by atoms with Crippen molar-refractivity contribution in [1.29, 1.82) is 0 Å². The van der Waals surface area contributed by atoms with Gasteiger partial charge >= 0.3 is 5.69 Å². The van der Waals surface area contributed by atoms with E-state index in [4.69, 9.17) is 20.8 Å². The Kier molecular flexibility index (Phi) is 2.53. The van der Waals surface area contributed by atoms with Crippen LogP contribution in [-0.2, 0) is 0 Å². The zero-order valence-electron chi connectivity index (χ0n) is 9.69. The number of nitrogens with zero attached hydrogens (tertiary/aromatic N) is 1. The predicted molar refractivity (Wildman–Crippen MR) is 69.1 cm³/mol. The minimum absolute atomic E-state index is 0.0226. The Labute approximate surface area is 110 Å². The first-order valence-corrected chi connectivity index (χ1v) is 5.68. The average Bonchev–Trinajstić information content (AvgIpc) is 2.36. The van der Waals surface area contributed by atoms with Crippen molar-refractivity contribution in [2.24, 2.45) is 0 Å². The van der Waals surface area contributed by atoms with Gasteiger partial charge in [-0.05, 0) is 12.1 Å². The summed E-state index contributed by atoms with van der Waals surface area (Å²) in [7, 11) is 1.48. The first kappa shape index (κ1) is 11.7. The molecule has 1 aromatic rings. The van der Waals surface area contributed by atoms with Crippen molar-refractivity contribution in [3.8, 4) is 17.2 Å². The van der Waals surface area contributed by atoms with Crippen LogP contribution in [-0.4, -0.2) is 17.1 Å². The number of nitrogens with one attached hydrogen (secondary N) is 1. The third kappa shape index (κ3) is 1.86. The van der Waals surface area contributed by atoms with Crippen LogP contribution in [0.25, 0.3) is 22.4 Å². The van der Waals surface area contributed by atoms with Gasteiger partial charge in [-0.2, -0.15) is 4.98 Å². The summed E-state index contributed by atoms with van der Waals surface area (Å²) in [6.45, 7) is 0. The molecule has 0 bridgehead atoms. The van der Waals surface area contributed by atoms with Gasteiger partial charge in [-0.1, -0.05) is 11.6 Å². The number of H-pyrrole nitrogens is 1. The van der Waals surface area contributed by atoms with Crippen molar-refractivity contribution in [2.75, 3.05) is 7.11 Å². The molecule has 3 rings (SSSR count). The molecule has 0 saturated carbocycles. The van der Waals surface area contributed by atoms with Crippen molar-refractivity contribution < 1.29 is 9.15 Å². The monoisotopic (exact) mass is 278 g/mol. The number of benzene rings is 1. The van der Waals surface area contributed by atoms with Crippen LogP contribution in [0.2, 0.25) is 5.02 Å². The van der Waals surface area contributed by atoms with Gasteiger partial charge in [-0.25, -0.2) is 4.79 Å². The zero-order chi connectivity index (χ0) is 13.6. The molecule has 0 amide bonds. The highest BCUT2D eigenvalue weighted by Crippen LogP contribution is 2.32. The van der Waals surface area contributed by atoms with Crippen LogP contribution in [0.4, 0.5) is 0 Å². The lowest BCUT2D eigenvalue weighted by atomic mass is 10.1. The zero-order valence-corrected chi connectivity index (χ0v) is 10.4. The molecule has 0 fully saturated rings. The standard InChI is InChI=1S/C12H7ClN2O4/c1-18-9-4-8-5(3-7(9)13)2-6-10(16)14-12(17)15-11(6)19-8/h2-4H,1H3,(H,14,16,17). The van der Waals surface area contributed by atoms with Crippen molar-refractivity contribution >= 4 is 22.6 Å². The van der Waals surface area contributed by atoms with E-state index in [9.17, 15) is 9.59 Å². The first-order chi connectivity index (χ1) is 9.08. The largest absolute Gasteiger partial charge is 0.495 e. The third-order valence-electron chi connectivity index (χ3n) is 2.69. The molecule has 1 N–H and O–H groups in total. The molecule has 0 spiro atoms. The summed E-state index contributed by atoms with van der Waals surface area (Å²) in [5.74, 6) is 0.412. The number of methoxy groups -OCH3 is 1. The molecule has 0 radical (unpaired) electrons. The normalized spacial score (nSPS) is 11.1. The highest BCUT2D eigenvalue weighted by Gasteiger charge is 2.15. The summed E-state index contributed by atoms with van der Waals surface area (Å²) in [5.41, 5.74) is -0.686. The maximum Gasteiger partial charge on any atom is 0.351 e. The van der Waals surface area contributed by atoms with Gasteiger partial charge in [-0.15, -0.1) is 0 Å². The van der Waals surface area contributed by atoms with Gasteiger partial charge in [0.05, 0.1) is 12.1 Å². The van der Waals surface area contributed by atoms with E-state index in [-0.39, 0.29) is 11.5 Å². The summed E-state index contributed by atoms with van der Waals surface area (Å²) in [6.07, 6.45) is 0. The minimum Gasteiger partial charge on any atom is -0.495 e. The second kappa shape index (κ2) is 4.10. The summed E-state index contributed by atoms with van der Waals surface area (Å²) in [6, 6.07) is 4.75. The van der Waals surface area contributed by atoms with E-state index in [2.05, 4.69) is 9.97 Å². The van der Waals surface area contributed by atoms with Gasteiger partial charge in [-0.3, -0.25) is 9.78 Å². The molecule has 0 saturated heterocycles. The Morgan fingerprint density at radius 1 is 1.32 bits per heavy atom. The Balaban J connectivity index is 2.46. The highest BCUT2D eigenvalue weighted by molar-refractivity contribution is 6.32. The first-order valence-electron chi connectivity index (χ1n) is 5.30. The van der Waals surface area contributed by atoms with E-state index < -0.39 is 11.2 Å². The Morgan fingerprint density at radius 2 is 2.11 bits per heavy atom.